The van der Waals surface area contributed by atoms with Crippen LogP contribution in [0.2, 0.25) is 0 Å². The summed E-state index contributed by atoms with van der Waals surface area (Å²) in [5.74, 6) is 3.53. The number of hydrogen-bond acceptors (Lipinski definition) is 4. The highest BCUT2D eigenvalue weighted by Crippen LogP contribution is 2.32. The zero-order valence-electron chi connectivity index (χ0n) is 20.4. The first-order chi connectivity index (χ1) is 17.2. The van der Waals surface area contributed by atoms with Crippen LogP contribution in [-0.4, -0.2) is 34.0 Å². The second-order valence-electron chi connectivity index (χ2n) is 8.74. The molecule has 35 heavy (non-hydrogen) atoms. The number of fused-ring (bicyclic) bond motifs is 1. The number of benzene rings is 3. The number of nitrogens with zero attached hydrogens (tertiary/aromatic N) is 3. The number of para-hydroxylation sites is 1. The van der Waals surface area contributed by atoms with Crippen molar-refractivity contribution in [2.75, 3.05) is 14.2 Å². The van der Waals surface area contributed by atoms with Gasteiger partial charge in [-0.25, -0.2) is 0 Å². The molecule has 0 aliphatic carbocycles. The normalized spacial score (nSPS) is 12.1. The predicted molar refractivity (Wildman–Crippen MR) is 138 cm³/mol. The smallest absolute Gasteiger partial charge is 0.140 e. The fourth-order valence-corrected chi connectivity index (χ4v) is 4.67. The number of H-pyrrole nitrogens is 1. The van der Waals surface area contributed by atoms with Crippen LogP contribution in [0.15, 0.2) is 79.0 Å². The molecule has 0 aliphatic heterocycles. The Morgan fingerprint density at radius 1 is 0.886 bits per heavy atom. The van der Waals surface area contributed by atoms with Crippen molar-refractivity contribution < 1.29 is 9.47 Å². The first kappa shape index (κ1) is 22.7. The minimum absolute atomic E-state index is 0.0633. The number of rotatable bonds is 9. The van der Waals surface area contributed by atoms with E-state index in [4.69, 9.17) is 14.6 Å². The van der Waals surface area contributed by atoms with Crippen molar-refractivity contribution >= 4 is 10.9 Å². The van der Waals surface area contributed by atoms with E-state index in [9.17, 15) is 0 Å². The number of aryl methyl sites for hydroxylation is 2. The van der Waals surface area contributed by atoms with Crippen molar-refractivity contribution in [2.45, 2.75) is 32.2 Å². The first-order valence-corrected chi connectivity index (χ1v) is 11.9. The summed E-state index contributed by atoms with van der Waals surface area (Å²) in [5, 5.41) is 10.6. The summed E-state index contributed by atoms with van der Waals surface area (Å²) in [7, 11) is 3.35. The molecule has 0 saturated carbocycles. The molecular formula is C29H30N4O2. The van der Waals surface area contributed by atoms with Gasteiger partial charge < -0.3 is 19.0 Å². The van der Waals surface area contributed by atoms with Crippen molar-refractivity contribution in [3.05, 3.63) is 107 Å². The van der Waals surface area contributed by atoms with Gasteiger partial charge in [0.2, 0.25) is 0 Å². The molecule has 3 aromatic carbocycles. The molecule has 0 spiro atoms. The molecule has 0 radical (unpaired) electrons. The molecule has 6 nitrogen and oxygen atoms in total. The van der Waals surface area contributed by atoms with Crippen LogP contribution >= 0.6 is 0 Å². The van der Waals surface area contributed by atoms with Crippen LogP contribution in [0, 0.1) is 0 Å². The van der Waals surface area contributed by atoms with E-state index in [1.807, 2.05) is 24.3 Å². The molecule has 1 unspecified atom stereocenters. The Morgan fingerprint density at radius 2 is 1.69 bits per heavy atom. The molecule has 6 heteroatoms. The number of nitrogens with one attached hydrogen (secondary N) is 1. The van der Waals surface area contributed by atoms with Gasteiger partial charge >= 0.3 is 0 Å². The molecule has 0 bridgehead atoms. The molecular weight excluding hydrogens is 436 g/mol. The quantitative estimate of drug-likeness (QED) is 0.300. The van der Waals surface area contributed by atoms with E-state index >= 15 is 0 Å². The van der Waals surface area contributed by atoms with Gasteiger partial charge in [-0.3, -0.25) is 0 Å². The first-order valence-electron chi connectivity index (χ1n) is 11.9. The fraction of sp³-hybridized carbons (Fsp3) is 0.241. The van der Waals surface area contributed by atoms with Crippen molar-refractivity contribution in [3.63, 3.8) is 0 Å². The molecule has 1 N–H and O–H groups in total. The minimum atomic E-state index is 0.0633. The standard InChI is InChI=1S/C29H30N4O2/c1-20(25-18-30-26-12-8-7-11-24(25)26)29-32-31-28(16-13-21-9-5-4-6-10-21)33(29)19-22-14-15-23(34-2)17-27(22)35-3/h4-12,14-15,17-18,20,30H,13,16,19H2,1-3H3. The molecule has 5 rings (SSSR count). The van der Waals surface area contributed by atoms with Crippen LogP contribution < -0.4 is 9.47 Å². The largest absolute Gasteiger partial charge is 0.497 e. The second kappa shape index (κ2) is 10.1. The fourth-order valence-electron chi connectivity index (χ4n) is 4.67. The topological polar surface area (TPSA) is 65.0 Å². The van der Waals surface area contributed by atoms with Gasteiger partial charge in [0.15, 0.2) is 0 Å². The zero-order valence-corrected chi connectivity index (χ0v) is 20.4. The molecule has 0 fully saturated rings. The van der Waals surface area contributed by atoms with E-state index in [2.05, 4.69) is 76.3 Å². The Morgan fingerprint density at radius 3 is 2.49 bits per heavy atom. The lowest BCUT2D eigenvalue weighted by Gasteiger charge is -2.17. The number of aromatic nitrogens is 4. The number of ether oxygens (including phenoxy) is 2. The maximum absolute atomic E-state index is 5.70. The Labute approximate surface area is 205 Å². The molecule has 0 amide bonds. The summed E-state index contributed by atoms with van der Waals surface area (Å²) >= 11 is 0. The van der Waals surface area contributed by atoms with Gasteiger partial charge in [0.1, 0.15) is 23.1 Å². The molecule has 178 valence electrons. The second-order valence-corrected chi connectivity index (χ2v) is 8.74. The highest BCUT2D eigenvalue weighted by molar-refractivity contribution is 5.83. The molecule has 2 heterocycles. The minimum Gasteiger partial charge on any atom is -0.497 e. The van der Waals surface area contributed by atoms with Crippen molar-refractivity contribution in [3.8, 4) is 11.5 Å². The lowest BCUT2D eigenvalue weighted by molar-refractivity contribution is 0.390. The van der Waals surface area contributed by atoms with E-state index in [1.54, 1.807) is 14.2 Å². The Balaban J connectivity index is 1.53. The summed E-state index contributed by atoms with van der Waals surface area (Å²) in [6.45, 7) is 2.81. The van der Waals surface area contributed by atoms with Gasteiger partial charge in [-0.05, 0) is 35.7 Å². The molecule has 1 atom stereocenters. The zero-order chi connectivity index (χ0) is 24.2. The highest BCUT2D eigenvalue weighted by Gasteiger charge is 2.22. The van der Waals surface area contributed by atoms with Gasteiger partial charge in [0.25, 0.3) is 0 Å². The van der Waals surface area contributed by atoms with Gasteiger partial charge in [0, 0.05) is 41.1 Å². The van der Waals surface area contributed by atoms with Gasteiger partial charge in [0.05, 0.1) is 20.8 Å². The monoisotopic (exact) mass is 466 g/mol. The van der Waals surface area contributed by atoms with Crippen LogP contribution in [0.5, 0.6) is 11.5 Å². The van der Waals surface area contributed by atoms with E-state index in [0.29, 0.717) is 6.54 Å². The Hall–Kier alpha value is -4.06. The Kier molecular flexibility index (Phi) is 6.53. The number of methoxy groups -OCH3 is 2. The van der Waals surface area contributed by atoms with Crippen LogP contribution in [0.25, 0.3) is 10.9 Å². The van der Waals surface area contributed by atoms with E-state index in [0.717, 1.165) is 47.1 Å². The van der Waals surface area contributed by atoms with Gasteiger partial charge in [-0.15, -0.1) is 10.2 Å². The third-order valence-electron chi connectivity index (χ3n) is 6.63. The SMILES string of the molecule is COc1ccc(Cn2c(CCc3ccccc3)nnc2C(C)c2c[nH]c3ccccc23)c(OC)c1. The summed E-state index contributed by atoms with van der Waals surface area (Å²) in [6, 6.07) is 24.8. The summed E-state index contributed by atoms with van der Waals surface area (Å²) in [6.07, 6.45) is 3.79. The maximum Gasteiger partial charge on any atom is 0.140 e. The van der Waals surface area contributed by atoms with Crippen LogP contribution in [0.1, 0.15) is 41.2 Å². The highest BCUT2D eigenvalue weighted by atomic mass is 16.5. The van der Waals surface area contributed by atoms with Crippen molar-refractivity contribution in [2.24, 2.45) is 0 Å². The molecule has 5 aromatic rings. The summed E-state index contributed by atoms with van der Waals surface area (Å²) in [5.41, 5.74) is 4.68. The van der Waals surface area contributed by atoms with Crippen LogP contribution in [0.4, 0.5) is 0 Å². The van der Waals surface area contributed by atoms with Crippen molar-refractivity contribution in [1.29, 1.82) is 0 Å². The molecule has 2 aromatic heterocycles. The average Bonchev–Trinajstić information content (AvgIpc) is 3.52. The van der Waals surface area contributed by atoms with E-state index < -0.39 is 0 Å². The predicted octanol–water partition coefficient (Wildman–Crippen LogP) is 5.76. The lowest BCUT2D eigenvalue weighted by Crippen LogP contribution is -2.13. The van der Waals surface area contributed by atoms with E-state index in [1.165, 1.54) is 16.5 Å². The number of hydrogen-bond donors (Lipinski definition) is 1. The van der Waals surface area contributed by atoms with Crippen molar-refractivity contribution in [1.82, 2.24) is 19.7 Å². The molecule has 0 saturated heterocycles. The summed E-state index contributed by atoms with van der Waals surface area (Å²) < 4.78 is 13.3. The average molecular weight is 467 g/mol. The number of aromatic amines is 1. The summed E-state index contributed by atoms with van der Waals surface area (Å²) in [4.78, 5) is 3.40. The van der Waals surface area contributed by atoms with Gasteiger partial charge in [-0.1, -0.05) is 55.5 Å². The maximum atomic E-state index is 5.70. The van der Waals surface area contributed by atoms with Crippen LogP contribution in [0.3, 0.4) is 0 Å². The lowest BCUT2D eigenvalue weighted by atomic mass is 9.99. The van der Waals surface area contributed by atoms with Crippen LogP contribution in [-0.2, 0) is 19.4 Å². The molecule has 0 aliphatic rings. The third-order valence-corrected chi connectivity index (χ3v) is 6.63. The van der Waals surface area contributed by atoms with Gasteiger partial charge in [-0.2, -0.15) is 0 Å². The Bertz CT molecular complexity index is 1420. The third kappa shape index (κ3) is 4.64. The van der Waals surface area contributed by atoms with E-state index in [-0.39, 0.29) is 5.92 Å².